The Morgan fingerprint density at radius 1 is 1.44 bits per heavy atom. The van der Waals surface area contributed by atoms with Crippen molar-refractivity contribution in [2.24, 2.45) is 5.92 Å². The van der Waals surface area contributed by atoms with Gasteiger partial charge in [0.15, 0.2) is 17.4 Å². The Kier molecular flexibility index (Phi) is 4.56. The molecule has 11 nitrogen and oxygen atoms in total. The molecule has 3 heterocycles. The van der Waals surface area contributed by atoms with Crippen LogP contribution in [0.2, 0.25) is 0 Å². The highest BCUT2D eigenvalue weighted by atomic mass is 16.6. The third-order valence-electron chi connectivity index (χ3n) is 3.99. The van der Waals surface area contributed by atoms with E-state index in [-0.39, 0.29) is 28.9 Å². The molecule has 2 aromatic rings. The lowest BCUT2D eigenvalue weighted by atomic mass is 10.1. The van der Waals surface area contributed by atoms with E-state index >= 15 is 0 Å². The number of rotatable bonds is 4. The Bertz CT molecular complexity index is 846. The number of hydrogen-bond acceptors (Lipinski definition) is 8. The van der Waals surface area contributed by atoms with Crippen LogP contribution in [0.3, 0.4) is 0 Å². The van der Waals surface area contributed by atoms with Crippen LogP contribution in [0.5, 0.6) is 0 Å². The predicted octanol–water partition coefficient (Wildman–Crippen LogP) is -1.67. The summed E-state index contributed by atoms with van der Waals surface area (Å²) in [7, 11) is 0. The number of nitrogens with one attached hydrogen (secondary N) is 2. The second kappa shape index (κ2) is 6.52. The fraction of sp³-hybridized carbons (Fsp3) is 0.571. The van der Waals surface area contributed by atoms with Crippen LogP contribution in [-0.4, -0.2) is 65.7 Å². The van der Waals surface area contributed by atoms with Crippen molar-refractivity contribution in [1.82, 2.24) is 19.5 Å². The summed E-state index contributed by atoms with van der Waals surface area (Å²) >= 11 is 0. The van der Waals surface area contributed by atoms with E-state index in [4.69, 9.17) is 4.74 Å². The Morgan fingerprint density at radius 3 is 2.76 bits per heavy atom. The van der Waals surface area contributed by atoms with Crippen molar-refractivity contribution in [3.05, 3.63) is 16.7 Å². The van der Waals surface area contributed by atoms with E-state index in [2.05, 4.69) is 20.3 Å². The van der Waals surface area contributed by atoms with Gasteiger partial charge < -0.3 is 20.1 Å². The molecule has 25 heavy (non-hydrogen) atoms. The Labute approximate surface area is 141 Å². The van der Waals surface area contributed by atoms with E-state index in [0.29, 0.717) is 0 Å². The zero-order valence-electron chi connectivity index (χ0n) is 13.6. The minimum atomic E-state index is -1.34. The van der Waals surface area contributed by atoms with Crippen molar-refractivity contribution in [2.75, 3.05) is 11.9 Å². The topological polar surface area (TPSA) is 163 Å². The monoisotopic (exact) mass is 353 g/mol. The molecule has 1 fully saturated rings. The number of anilines is 1. The van der Waals surface area contributed by atoms with Crippen molar-refractivity contribution in [3.8, 4) is 0 Å². The number of aromatic nitrogens is 4. The first-order valence-electron chi connectivity index (χ1n) is 7.73. The van der Waals surface area contributed by atoms with E-state index in [1.54, 1.807) is 13.8 Å². The first-order valence-corrected chi connectivity index (χ1v) is 7.73. The smallest absolute Gasteiger partial charge is 0.280 e. The number of carbonyl (C=O) groups is 1. The van der Waals surface area contributed by atoms with Crippen LogP contribution in [0.4, 0.5) is 5.95 Å². The second-order valence-corrected chi connectivity index (χ2v) is 6.11. The molecule has 0 aromatic carbocycles. The summed E-state index contributed by atoms with van der Waals surface area (Å²) in [5.74, 6) is -0.711. The molecule has 1 amide bonds. The van der Waals surface area contributed by atoms with Gasteiger partial charge in [-0.1, -0.05) is 13.8 Å². The number of aliphatic hydroxyl groups is 3. The van der Waals surface area contributed by atoms with Crippen LogP contribution in [0.15, 0.2) is 11.1 Å². The number of imidazole rings is 1. The lowest BCUT2D eigenvalue weighted by molar-refractivity contribution is -0.118. The zero-order chi connectivity index (χ0) is 18.3. The average molecular weight is 353 g/mol. The number of ether oxygens (including phenoxy) is 1. The van der Waals surface area contributed by atoms with Gasteiger partial charge in [-0.15, -0.1) is 0 Å². The normalized spacial score (nSPS) is 26.5. The Hall–Kier alpha value is -2.34. The molecule has 0 radical (unpaired) electrons. The Balaban J connectivity index is 2.01. The molecule has 0 aliphatic carbocycles. The number of fused-ring (bicyclic) bond motifs is 1. The number of hydrogen-bond donors (Lipinski definition) is 5. The van der Waals surface area contributed by atoms with E-state index in [9.17, 15) is 24.9 Å². The zero-order valence-corrected chi connectivity index (χ0v) is 13.6. The van der Waals surface area contributed by atoms with Crippen molar-refractivity contribution in [2.45, 2.75) is 38.4 Å². The molecule has 1 saturated heterocycles. The van der Waals surface area contributed by atoms with Gasteiger partial charge in [-0.2, -0.15) is 4.98 Å². The van der Waals surface area contributed by atoms with E-state index < -0.39 is 36.7 Å². The number of amides is 1. The van der Waals surface area contributed by atoms with Crippen molar-refractivity contribution in [3.63, 3.8) is 0 Å². The van der Waals surface area contributed by atoms with Crippen LogP contribution in [0.1, 0.15) is 20.1 Å². The minimum Gasteiger partial charge on any atom is -0.394 e. The van der Waals surface area contributed by atoms with Gasteiger partial charge in [0.2, 0.25) is 11.9 Å². The summed E-state index contributed by atoms with van der Waals surface area (Å²) in [5.41, 5.74) is -0.521. The molecule has 1 aliphatic heterocycles. The quantitative estimate of drug-likeness (QED) is 0.435. The number of H-pyrrole nitrogens is 1. The number of aliphatic hydroxyl groups excluding tert-OH is 3. The predicted molar refractivity (Wildman–Crippen MR) is 84.6 cm³/mol. The number of nitrogens with zero attached hydrogens (tertiary/aromatic N) is 3. The van der Waals surface area contributed by atoms with Crippen LogP contribution in [-0.2, 0) is 9.53 Å². The second-order valence-electron chi connectivity index (χ2n) is 6.11. The summed E-state index contributed by atoms with van der Waals surface area (Å²) in [6.07, 6.45) is -3.46. The molecule has 0 saturated carbocycles. The van der Waals surface area contributed by atoms with Gasteiger partial charge in [-0.3, -0.25) is 24.5 Å². The molecule has 4 atom stereocenters. The van der Waals surface area contributed by atoms with Crippen LogP contribution in [0.25, 0.3) is 11.2 Å². The molecule has 0 spiro atoms. The average Bonchev–Trinajstić information content (AvgIpc) is 3.10. The van der Waals surface area contributed by atoms with Gasteiger partial charge >= 0.3 is 0 Å². The molecule has 11 heteroatoms. The standard InChI is InChI=1S/C14H19N5O6/c1-5(2)11(23)17-14-16-10-7(12(24)18-14)15-4-19(10)13-9(22)8(21)6(3-20)25-13/h4-6,8-9,13,20-22H,3H2,1-2H3,(H2,16,17,18,23,24)/t6-,8-,9-,13?/m1/s1. The minimum absolute atomic E-state index is 0.0136. The van der Waals surface area contributed by atoms with Gasteiger partial charge in [-0.05, 0) is 0 Å². The molecule has 1 aliphatic rings. The summed E-state index contributed by atoms with van der Waals surface area (Å²) in [6, 6.07) is 0. The maximum absolute atomic E-state index is 12.1. The Morgan fingerprint density at radius 2 is 2.16 bits per heavy atom. The molecule has 5 N–H and O–H groups in total. The van der Waals surface area contributed by atoms with E-state index in [1.807, 2.05) is 0 Å². The lowest BCUT2D eigenvalue weighted by Gasteiger charge is -2.16. The van der Waals surface area contributed by atoms with Gasteiger partial charge in [0, 0.05) is 5.92 Å². The summed E-state index contributed by atoms with van der Waals surface area (Å²) in [5, 5.41) is 31.7. The number of carbonyl (C=O) groups excluding carboxylic acids is 1. The van der Waals surface area contributed by atoms with Crippen LogP contribution in [0, 0.1) is 5.92 Å². The molecule has 136 valence electrons. The molecule has 0 bridgehead atoms. The van der Waals surface area contributed by atoms with E-state index in [0.717, 1.165) is 0 Å². The SMILES string of the molecule is CC(C)C(=O)Nc1nc2c(ncn2C2O[C@H](CO)[C@@H](O)[C@H]2O)c(=O)[nH]1. The fourth-order valence-electron chi connectivity index (χ4n) is 2.54. The van der Waals surface area contributed by atoms with Gasteiger partial charge in [0.25, 0.3) is 5.56 Å². The van der Waals surface area contributed by atoms with Crippen LogP contribution >= 0.6 is 0 Å². The first kappa shape index (κ1) is 17.5. The van der Waals surface area contributed by atoms with Gasteiger partial charge in [0.1, 0.15) is 18.3 Å². The third kappa shape index (κ3) is 3.02. The number of aromatic amines is 1. The van der Waals surface area contributed by atoms with Crippen molar-refractivity contribution < 1.29 is 24.9 Å². The fourth-order valence-corrected chi connectivity index (χ4v) is 2.54. The summed E-state index contributed by atoms with van der Waals surface area (Å²) in [4.78, 5) is 34.4. The molecular weight excluding hydrogens is 334 g/mol. The highest BCUT2D eigenvalue weighted by molar-refractivity contribution is 5.91. The van der Waals surface area contributed by atoms with E-state index in [1.165, 1.54) is 10.9 Å². The largest absolute Gasteiger partial charge is 0.394 e. The highest BCUT2D eigenvalue weighted by Crippen LogP contribution is 2.30. The highest BCUT2D eigenvalue weighted by Gasteiger charge is 2.44. The van der Waals surface area contributed by atoms with Crippen molar-refractivity contribution >= 4 is 23.0 Å². The molecule has 1 unspecified atom stereocenters. The maximum Gasteiger partial charge on any atom is 0.280 e. The van der Waals surface area contributed by atoms with Crippen LogP contribution < -0.4 is 10.9 Å². The maximum atomic E-state index is 12.1. The summed E-state index contributed by atoms with van der Waals surface area (Å²) < 4.78 is 6.70. The third-order valence-corrected chi connectivity index (χ3v) is 3.99. The molecular formula is C14H19N5O6. The summed E-state index contributed by atoms with van der Waals surface area (Å²) in [6.45, 7) is 2.90. The van der Waals surface area contributed by atoms with Gasteiger partial charge in [-0.25, -0.2) is 4.98 Å². The molecule has 3 rings (SSSR count). The van der Waals surface area contributed by atoms with Crippen molar-refractivity contribution in [1.29, 1.82) is 0 Å². The lowest BCUT2D eigenvalue weighted by Crippen LogP contribution is -2.33. The first-order chi connectivity index (χ1) is 11.8. The van der Waals surface area contributed by atoms with Gasteiger partial charge in [0.05, 0.1) is 12.9 Å². The molecule has 2 aromatic heterocycles.